The van der Waals surface area contributed by atoms with Gasteiger partial charge in [0.25, 0.3) is 0 Å². The number of carboxylic acid groups (broad SMARTS) is 1. The number of carbonyl (C=O) groups excluding carboxylic acids is 2. The van der Waals surface area contributed by atoms with E-state index in [0.717, 1.165) is 6.42 Å². The Labute approximate surface area is 110 Å². The minimum Gasteiger partial charge on any atom is -0.480 e. The lowest BCUT2D eigenvalue weighted by atomic mass is 10.1. The molecule has 1 aliphatic rings. The summed E-state index contributed by atoms with van der Waals surface area (Å²) < 4.78 is 5.16. The molecule has 0 radical (unpaired) electrons. The van der Waals surface area contributed by atoms with Gasteiger partial charge in [-0.15, -0.1) is 0 Å². The second kappa shape index (κ2) is 6.93. The number of urea groups is 1. The van der Waals surface area contributed by atoms with Crippen molar-refractivity contribution in [3.8, 4) is 0 Å². The maximum Gasteiger partial charge on any atom is 0.326 e. The normalized spacial score (nSPS) is 19.7. The summed E-state index contributed by atoms with van der Waals surface area (Å²) >= 11 is 0. The predicted molar refractivity (Wildman–Crippen MR) is 65.4 cm³/mol. The molecule has 108 valence electrons. The first-order valence-corrected chi connectivity index (χ1v) is 6.04. The van der Waals surface area contributed by atoms with Crippen molar-refractivity contribution in [2.75, 3.05) is 20.3 Å². The first kappa shape index (κ1) is 15.2. The lowest BCUT2D eigenvalue weighted by molar-refractivity contribution is -0.139. The summed E-state index contributed by atoms with van der Waals surface area (Å²) in [4.78, 5) is 34.9. The molecule has 1 heterocycles. The van der Waals surface area contributed by atoms with Gasteiger partial charge >= 0.3 is 12.0 Å². The first-order valence-electron chi connectivity index (χ1n) is 6.04. The first-order chi connectivity index (χ1) is 8.91. The van der Waals surface area contributed by atoms with Gasteiger partial charge in [0.2, 0.25) is 5.91 Å². The molecule has 1 aliphatic heterocycles. The van der Waals surface area contributed by atoms with E-state index < -0.39 is 23.9 Å². The van der Waals surface area contributed by atoms with Crippen molar-refractivity contribution in [3.63, 3.8) is 0 Å². The Balaban J connectivity index is 2.50. The highest BCUT2D eigenvalue weighted by atomic mass is 16.5. The zero-order valence-electron chi connectivity index (χ0n) is 10.8. The van der Waals surface area contributed by atoms with Gasteiger partial charge in [-0.25, -0.2) is 9.59 Å². The van der Waals surface area contributed by atoms with Crippen molar-refractivity contribution in [2.45, 2.75) is 31.3 Å². The summed E-state index contributed by atoms with van der Waals surface area (Å²) in [7, 11) is 1.58. The standard InChI is InChI=1S/C11H19N3O5/c1-14(7-4-5-19-6-7)11(18)13-8(10(16)17)2-3-9(12)15/h7-8H,2-6H2,1H3,(H2,12,15)(H,13,18)(H,16,17)/t7?,8-/m1/s1. The van der Waals surface area contributed by atoms with Crippen LogP contribution in [-0.2, 0) is 14.3 Å². The van der Waals surface area contributed by atoms with Gasteiger partial charge in [-0.3, -0.25) is 4.79 Å². The van der Waals surface area contributed by atoms with Crippen LogP contribution in [0.15, 0.2) is 0 Å². The van der Waals surface area contributed by atoms with E-state index in [-0.39, 0.29) is 18.9 Å². The van der Waals surface area contributed by atoms with E-state index in [1.165, 1.54) is 4.90 Å². The smallest absolute Gasteiger partial charge is 0.326 e. The summed E-state index contributed by atoms with van der Waals surface area (Å²) in [5, 5.41) is 11.3. The zero-order chi connectivity index (χ0) is 14.4. The van der Waals surface area contributed by atoms with Crippen molar-refractivity contribution in [1.29, 1.82) is 0 Å². The van der Waals surface area contributed by atoms with Crippen molar-refractivity contribution >= 4 is 17.9 Å². The number of aliphatic carboxylic acids is 1. The van der Waals surface area contributed by atoms with Crippen molar-refractivity contribution in [1.82, 2.24) is 10.2 Å². The second-order valence-corrected chi connectivity index (χ2v) is 4.47. The highest BCUT2D eigenvalue weighted by molar-refractivity contribution is 5.83. The third-order valence-corrected chi connectivity index (χ3v) is 3.05. The Hall–Kier alpha value is -1.83. The lowest BCUT2D eigenvalue weighted by Gasteiger charge is -2.25. The van der Waals surface area contributed by atoms with Gasteiger partial charge in [-0.2, -0.15) is 0 Å². The largest absolute Gasteiger partial charge is 0.480 e. The number of nitrogens with two attached hydrogens (primary N) is 1. The molecule has 0 aliphatic carbocycles. The Morgan fingerprint density at radius 2 is 2.21 bits per heavy atom. The van der Waals surface area contributed by atoms with Crippen LogP contribution < -0.4 is 11.1 Å². The molecule has 1 rings (SSSR count). The van der Waals surface area contributed by atoms with E-state index >= 15 is 0 Å². The van der Waals surface area contributed by atoms with Gasteiger partial charge in [0, 0.05) is 20.1 Å². The third kappa shape index (κ3) is 4.74. The van der Waals surface area contributed by atoms with Crippen LogP contribution in [0.4, 0.5) is 4.79 Å². The van der Waals surface area contributed by atoms with Crippen LogP contribution in [0.5, 0.6) is 0 Å². The molecular weight excluding hydrogens is 254 g/mol. The van der Waals surface area contributed by atoms with Crippen LogP contribution in [0.1, 0.15) is 19.3 Å². The molecule has 1 saturated heterocycles. The van der Waals surface area contributed by atoms with Crippen LogP contribution in [0, 0.1) is 0 Å². The minimum atomic E-state index is -1.19. The third-order valence-electron chi connectivity index (χ3n) is 3.05. The van der Waals surface area contributed by atoms with Gasteiger partial charge < -0.3 is 25.8 Å². The van der Waals surface area contributed by atoms with E-state index in [1.807, 2.05) is 0 Å². The molecule has 1 unspecified atom stereocenters. The SMILES string of the molecule is CN(C(=O)N[C@H](CCC(N)=O)C(=O)O)C1CCOC1. The molecule has 0 aromatic carbocycles. The molecule has 1 fully saturated rings. The predicted octanol–water partition coefficient (Wildman–Crippen LogP) is -0.865. The molecule has 0 spiro atoms. The summed E-state index contributed by atoms with van der Waals surface area (Å²) in [5.41, 5.74) is 4.96. The Bertz CT molecular complexity index is 354. The summed E-state index contributed by atoms with van der Waals surface area (Å²) in [6.07, 6.45) is 0.613. The van der Waals surface area contributed by atoms with Gasteiger partial charge in [0.15, 0.2) is 0 Å². The number of likely N-dealkylation sites (N-methyl/N-ethyl adjacent to an activating group) is 1. The van der Waals surface area contributed by atoms with E-state index in [4.69, 9.17) is 15.6 Å². The van der Waals surface area contributed by atoms with E-state index in [9.17, 15) is 14.4 Å². The van der Waals surface area contributed by atoms with E-state index in [2.05, 4.69) is 5.32 Å². The molecule has 8 heteroatoms. The minimum absolute atomic E-state index is 0.0224. The Kier molecular flexibility index (Phi) is 5.56. The topological polar surface area (TPSA) is 122 Å². The Morgan fingerprint density at radius 3 is 2.68 bits per heavy atom. The molecule has 19 heavy (non-hydrogen) atoms. The summed E-state index contributed by atoms with van der Waals surface area (Å²) in [6.45, 7) is 1.04. The highest BCUT2D eigenvalue weighted by Crippen LogP contribution is 2.11. The van der Waals surface area contributed by atoms with Gasteiger partial charge in [0.05, 0.1) is 12.6 Å². The molecule has 0 saturated carbocycles. The Morgan fingerprint density at radius 1 is 1.53 bits per heavy atom. The molecular formula is C11H19N3O5. The zero-order valence-corrected chi connectivity index (χ0v) is 10.8. The quantitative estimate of drug-likeness (QED) is 0.581. The molecule has 3 amide bonds. The fourth-order valence-electron chi connectivity index (χ4n) is 1.79. The molecule has 2 atom stereocenters. The number of carboxylic acids is 1. The molecule has 4 N–H and O–H groups in total. The van der Waals surface area contributed by atoms with Crippen LogP contribution >= 0.6 is 0 Å². The highest BCUT2D eigenvalue weighted by Gasteiger charge is 2.27. The number of carbonyl (C=O) groups is 3. The molecule has 0 aromatic heterocycles. The number of rotatable bonds is 6. The average molecular weight is 273 g/mol. The van der Waals surface area contributed by atoms with Crippen LogP contribution in [-0.4, -0.2) is 60.3 Å². The maximum atomic E-state index is 11.9. The van der Waals surface area contributed by atoms with E-state index in [1.54, 1.807) is 7.05 Å². The number of nitrogens with zero attached hydrogens (tertiary/aromatic N) is 1. The van der Waals surface area contributed by atoms with Crippen LogP contribution in [0.3, 0.4) is 0 Å². The maximum absolute atomic E-state index is 11.9. The van der Waals surface area contributed by atoms with Crippen molar-refractivity contribution in [2.24, 2.45) is 5.73 Å². The van der Waals surface area contributed by atoms with Crippen LogP contribution in [0.2, 0.25) is 0 Å². The number of ether oxygens (including phenoxy) is 1. The van der Waals surface area contributed by atoms with E-state index in [0.29, 0.717) is 13.2 Å². The average Bonchev–Trinajstić information content (AvgIpc) is 2.86. The fraction of sp³-hybridized carbons (Fsp3) is 0.727. The van der Waals surface area contributed by atoms with Gasteiger partial charge in [-0.05, 0) is 12.8 Å². The summed E-state index contributed by atoms with van der Waals surface area (Å²) in [5.74, 6) is -1.79. The molecule has 0 aromatic rings. The molecule has 0 bridgehead atoms. The molecule has 8 nitrogen and oxygen atoms in total. The van der Waals surface area contributed by atoms with Gasteiger partial charge in [0.1, 0.15) is 6.04 Å². The number of nitrogens with one attached hydrogen (secondary N) is 1. The number of primary amides is 1. The van der Waals surface area contributed by atoms with Gasteiger partial charge in [-0.1, -0.05) is 0 Å². The monoisotopic (exact) mass is 273 g/mol. The number of hydrogen-bond acceptors (Lipinski definition) is 4. The second-order valence-electron chi connectivity index (χ2n) is 4.47. The van der Waals surface area contributed by atoms with Crippen LogP contribution in [0.25, 0.3) is 0 Å². The van der Waals surface area contributed by atoms with Crippen molar-refractivity contribution in [3.05, 3.63) is 0 Å². The lowest BCUT2D eigenvalue weighted by Crippen LogP contribution is -2.50. The summed E-state index contributed by atoms with van der Waals surface area (Å²) in [6, 6.07) is -1.66. The van der Waals surface area contributed by atoms with Crippen molar-refractivity contribution < 1.29 is 24.2 Å². The number of hydrogen-bond donors (Lipinski definition) is 3. The fourth-order valence-corrected chi connectivity index (χ4v) is 1.79. The number of amides is 3.